The Morgan fingerprint density at radius 2 is 1.56 bits per heavy atom. The highest BCUT2D eigenvalue weighted by atomic mass is 35.5. The highest BCUT2D eigenvalue weighted by molar-refractivity contribution is 8.77. The fraction of sp³-hybridized carbons (Fsp3) is 0.700. The number of hydrogen-bond donors (Lipinski definition) is 0. The van der Waals surface area contributed by atoms with Crippen LogP contribution in [0.3, 0.4) is 0 Å². The molecule has 0 fully saturated rings. The fourth-order valence-corrected chi connectivity index (χ4v) is 5.21. The van der Waals surface area contributed by atoms with Crippen LogP contribution in [0.15, 0.2) is 18.2 Å². The van der Waals surface area contributed by atoms with Gasteiger partial charge in [-0.15, -0.1) is 23.2 Å². The topological polar surface area (TPSA) is 21.7 Å². The Bertz CT molecular complexity index is 510. The van der Waals surface area contributed by atoms with E-state index >= 15 is 0 Å². The summed E-state index contributed by atoms with van der Waals surface area (Å²) in [5, 5.41) is 0. The largest absolute Gasteiger partial charge is 0.379 e. The first-order chi connectivity index (χ1) is 13.0. The number of anilines is 1. The van der Waals surface area contributed by atoms with Gasteiger partial charge in [0.15, 0.2) is 0 Å². The summed E-state index contributed by atoms with van der Waals surface area (Å²) < 4.78 is 11.4. The number of alkyl halides is 2. The summed E-state index contributed by atoms with van der Waals surface area (Å²) in [5.41, 5.74) is 3.35. The summed E-state index contributed by atoms with van der Waals surface area (Å²) in [6.45, 7) is 11.1. The molecule has 0 aliphatic rings. The first-order valence-electron chi connectivity index (χ1n) is 9.32. The van der Waals surface area contributed by atoms with Crippen molar-refractivity contribution in [3.63, 3.8) is 0 Å². The minimum Gasteiger partial charge on any atom is -0.379 e. The van der Waals surface area contributed by atoms with E-state index in [1.165, 1.54) is 0 Å². The number of nitrogens with zero attached hydrogens (tertiary/aromatic N) is 1. The van der Waals surface area contributed by atoms with Crippen LogP contribution in [-0.4, -0.2) is 50.5 Å². The van der Waals surface area contributed by atoms with Crippen LogP contribution in [0.4, 0.5) is 5.69 Å². The van der Waals surface area contributed by atoms with Gasteiger partial charge < -0.3 is 14.4 Å². The van der Waals surface area contributed by atoms with E-state index < -0.39 is 0 Å². The molecule has 7 heteroatoms. The third-order valence-corrected chi connectivity index (χ3v) is 7.04. The van der Waals surface area contributed by atoms with E-state index in [9.17, 15) is 0 Å². The van der Waals surface area contributed by atoms with E-state index in [1.807, 2.05) is 10.8 Å². The molecule has 0 heterocycles. The summed E-state index contributed by atoms with van der Waals surface area (Å²) in [6.07, 6.45) is 3.16. The zero-order chi connectivity index (χ0) is 20.1. The van der Waals surface area contributed by atoms with Gasteiger partial charge in [0.1, 0.15) is 0 Å². The maximum Gasteiger partial charge on any atom is 0.0701 e. The lowest BCUT2D eigenvalue weighted by atomic mass is 10.1. The van der Waals surface area contributed by atoms with Crippen molar-refractivity contribution >= 4 is 50.5 Å². The molecule has 1 aromatic carbocycles. The number of ether oxygens (including phenoxy) is 2. The third kappa shape index (κ3) is 10.5. The molecule has 27 heavy (non-hydrogen) atoms. The van der Waals surface area contributed by atoms with Crippen LogP contribution in [0.2, 0.25) is 0 Å². The van der Waals surface area contributed by atoms with E-state index in [0.29, 0.717) is 31.6 Å². The van der Waals surface area contributed by atoms with Crippen molar-refractivity contribution < 1.29 is 9.47 Å². The molecule has 0 unspecified atom stereocenters. The van der Waals surface area contributed by atoms with Gasteiger partial charge in [0.05, 0.1) is 19.8 Å². The second kappa shape index (κ2) is 14.2. The van der Waals surface area contributed by atoms with Crippen molar-refractivity contribution in [1.29, 1.82) is 0 Å². The van der Waals surface area contributed by atoms with Crippen LogP contribution in [-0.2, 0) is 21.2 Å². The number of hydrogen-bond acceptors (Lipinski definition) is 5. The normalized spacial score (nSPS) is 11.8. The minimum absolute atomic E-state index is 0.113. The summed E-state index contributed by atoms with van der Waals surface area (Å²) in [5.74, 6) is 0.972. The smallest absolute Gasteiger partial charge is 0.0701 e. The number of halogens is 2. The van der Waals surface area contributed by atoms with Crippen molar-refractivity contribution in [1.82, 2.24) is 0 Å². The van der Waals surface area contributed by atoms with Gasteiger partial charge >= 0.3 is 0 Å². The molecule has 0 spiro atoms. The Kier molecular flexibility index (Phi) is 13.3. The SMILES string of the molecule is CCCOCCOCCN(CC(C)(C)SSC)c1cc(CCl)cc(CCl)c1. The molecule has 0 saturated heterocycles. The highest BCUT2D eigenvalue weighted by Crippen LogP contribution is 2.35. The Morgan fingerprint density at radius 3 is 2.07 bits per heavy atom. The van der Waals surface area contributed by atoms with Gasteiger partial charge in [-0.25, -0.2) is 0 Å². The fourth-order valence-electron chi connectivity index (χ4n) is 2.73. The van der Waals surface area contributed by atoms with Crippen LogP contribution < -0.4 is 4.90 Å². The molecular weight excluding hydrogens is 421 g/mol. The van der Waals surface area contributed by atoms with Crippen molar-refractivity contribution in [2.45, 2.75) is 43.7 Å². The Hall–Kier alpha value is 0.220. The predicted molar refractivity (Wildman–Crippen MR) is 125 cm³/mol. The summed E-state index contributed by atoms with van der Waals surface area (Å²) in [6, 6.07) is 6.39. The lowest BCUT2D eigenvalue weighted by molar-refractivity contribution is 0.0505. The van der Waals surface area contributed by atoms with E-state index in [1.54, 1.807) is 10.8 Å². The molecule has 3 nitrogen and oxygen atoms in total. The highest BCUT2D eigenvalue weighted by Gasteiger charge is 2.23. The third-order valence-electron chi connectivity index (χ3n) is 3.82. The monoisotopic (exact) mass is 453 g/mol. The van der Waals surface area contributed by atoms with E-state index in [4.69, 9.17) is 32.7 Å². The first kappa shape index (κ1) is 25.3. The molecule has 0 N–H and O–H groups in total. The van der Waals surface area contributed by atoms with Gasteiger partial charge in [0.25, 0.3) is 0 Å². The van der Waals surface area contributed by atoms with Gasteiger partial charge in [-0.05, 0) is 49.8 Å². The summed E-state index contributed by atoms with van der Waals surface area (Å²) in [7, 11) is 3.69. The second-order valence-corrected chi connectivity index (χ2v) is 10.6. The lowest BCUT2D eigenvalue weighted by Crippen LogP contribution is -2.38. The maximum atomic E-state index is 6.09. The van der Waals surface area contributed by atoms with Crippen molar-refractivity contribution in [2.24, 2.45) is 0 Å². The average molecular weight is 455 g/mol. The van der Waals surface area contributed by atoms with E-state index in [2.05, 4.69) is 50.1 Å². The van der Waals surface area contributed by atoms with Crippen molar-refractivity contribution in [3.05, 3.63) is 29.3 Å². The van der Waals surface area contributed by atoms with Gasteiger partial charge in [0.2, 0.25) is 0 Å². The molecular formula is C20H33Cl2NO2S2. The Labute approximate surface area is 183 Å². The van der Waals surface area contributed by atoms with E-state index in [-0.39, 0.29) is 4.75 Å². The van der Waals surface area contributed by atoms with Gasteiger partial charge in [-0.1, -0.05) is 34.6 Å². The Balaban J connectivity index is 2.79. The van der Waals surface area contributed by atoms with Crippen LogP contribution in [0, 0.1) is 0 Å². The van der Waals surface area contributed by atoms with Crippen LogP contribution in [0.5, 0.6) is 0 Å². The van der Waals surface area contributed by atoms with Gasteiger partial charge in [-0.2, -0.15) is 0 Å². The quantitative estimate of drug-likeness (QED) is 0.178. The van der Waals surface area contributed by atoms with Crippen molar-refractivity contribution in [2.75, 3.05) is 50.7 Å². The lowest BCUT2D eigenvalue weighted by Gasteiger charge is -2.33. The number of rotatable bonds is 15. The first-order valence-corrected chi connectivity index (χ1v) is 13.0. The maximum absolute atomic E-state index is 6.09. The zero-order valence-electron chi connectivity index (χ0n) is 16.9. The second-order valence-electron chi connectivity index (χ2n) is 6.93. The van der Waals surface area contributed by atoms with Crippen LogP contribution in [0.1, 0.15) is 38.3 Å². The number of benzene rings is 1. The average Bonchev–Trinajstić information content (AvgIpc) is 2.65. The molecule has 0 bridgehead atoms. The standard InChI is InChI=1S/C20H33Cl2NO2S2/c1-5-7-24-9-10-25-8-6-23(16-20(2,3)27-26-4)19-12-17(14-21)11-18(13-19)15-22/h11-13H,5-10,14-16H2,1-4H3. The molecule has 0 atom stereocenters. The summed E-state index contributed by atoms with van der Waals surface area (Å²) >= 11 is 12.2. The predicted octanol–water partition coefficient (Wildman–Crippen LogP) is 6.20. The zero-order valence-corrected chi connectivity index (χ0v) is 20.1. The minimum atomic E-state index is 0.113. The van der Waals surface area contributed by atoms with Gasteiger partial charge in [0, 0.05) is 41.9 Å². The van der Waals surface area contributed by atoms with Crippen molar-refractivity contribution in [3.8, 4) is 0 Å². The molecule has 0 aliphatic heterocycles. The molecule has 0 aliphatic carbocycles. The molecule has 0 aromatic heterocycles. The van der Waals surface area contributed by atoms with Gasteiger partial charge in [-0.3, -0.25) is 0 Å². The molecule has 0 saturated carbocycles. The Morgan fingerprint density at radius 1 is 0.963 bits per heavy atom. The molecule has 1 aromatic rings. The van der Waals surface area contributed by atoms with E-state index in [0.717, 1.165) is 42.9 Å². The summed E-state index contributed by atoms with van der Waals surface area (Å²) in [4.78, 5) is 2.38. The van der Waals surface area contributed by atoms with Crippen LogP contribution in [0.25, 0.3) is 0 Å². The van der Waals surface area contributed by atoms with Crippen LogP contribution >= 0.6 is 44.8 Å². The molecule has 1 rings (SSSR count). The molecule has 0 amide bonds. The molecule has 0 radical (unpaired) electrons. The molecule has 156 valence electrons.